The van der Waals surface area contributed by atoms with Crippen molar-refractivity contribution in [3.8, 4) is 5.75 Å². The quantitative estimate of drug-likeness (QED) is 0.806. The van der Waals surface area contributed by atoms with Gasteiger partial charge in [-0.05, 0) is 36.2 Å². The van der Waals surface area contributed by atoms with E-state index in [1.165, 1.54) is 0 Å². The van der Waals surface area contributed by atoms with Gasteiger partial charge in [0.2, 0.25) is 0 Å². The highest BCUT2D eigenvalue weighted by Gasteiger charge is 2.13. The molecule has 0 aliphatic heterocycles. The molecule has 0 radical (unpaired) electrons. The van der Waals surface area contributed by atoms with Gasteiger partial charge in [0.25, 0.3) is 0 Å². The largest absolute Gasteiger partial charge is 0.494 e. The second kappa shape index (κ2) is 8.58. The van der Waals surface area contributed by atoms with Crippen LogP contribution >= 0.6 is 0 Å². The SMILES string of the molecule is CCCOc1ccc(NC(=O)C(=O)NCc2ccccc2)cc1. The third kappa shape index (κ3) is 5.47. The standard InChI is InChI=1S/C18H20N2O3/c1-2-12-23-16-10-8-15(9-11-16)20-18(22)17(21)19-13-14-6-4-3-5-7-14/h3-11H,2,12-13H2,1H3,(H,19,21)(H,20,22). The van der Waals surface area contributed by atoms with Crippen LogP contribution in [0.5, 0.6) is 5.75 Å². The van der Waals surface area contributed by atoms with Gasteiger partial charge in [-0.15, -0.1) is 0 Å². The first kappa shape index (κ1) is 16.5. The van der Waals surface area contributed by atoms with Crippen molar-refractivity contribution in [1.29, 1.82) is 0 Å². The average Bonchev–Trinajstić information content (AvgIpc) is 2.60. The van der Waals surface area contributed by atoms with Crippen molar-refractivity contribution in [2.75, 3.05) is 11.9 Å². The molecule has 2 aromatic rings. The first-order valence-corrected chi connectivity index (χ1v) is 7.55. The zero-order valence-corrected chi connectivity index (χ0v) is 13.0. The molecule has 2 rings (SSSR count). The molecule has 5 nitrogen and oxygen atoms in total. The Morgan fingerprint density at radius 1 is 0.957 bits per heavy atom. The smallest absolute Gasteiger partial charge is 0.313 e. The third-order valence-corrected chi connectivity index (χ3v) is 3.09. The van der Waals surface area contributed by atoms with E-state index in [0.717, 1.165) is 17.7 Å². The number of nitrogens with one attached hydrogen (secondary N) is 2. The minimum atomic E-state index is -0.692. The van der Waals surface area contributed by atoms with E-state index in [1.807, 2.05) is 37.3 Å². The fourth-order valence-corrected chi connectivity index (χ4v) is 1.90. The Hall–Kier alpha value is -2.82. The van der Waals surface area contributed by atoms with E-state index in [2.05, 4.69) is 10.6 Å². The first-order chi connectivity index (χ1) is 11.2. The second-order valence-electron chi connectivity index (χ2n) is 5.00. The molecular formula is C18H20N2O3. The topological polar surface area (TPSA) is 67.4 Å². The molecule has 0 spiro atoms. The lowest BCUT2D eigenvalue weighted by Gasteiger charge is -2.08. The fraction of sp³-hybridized carbons (Fsp3) is 0.222. The number of anilines is 1. The van der Waals surface area contributed by atoms with E-state index in [4.69, 9.17) is 4.74 Å². The Balaban J connectivity index is 1.82. The van der Waals surface area contributed by atoms with Crippen LogP contribution in [0.2, 0.25) is 0 Å². The van der Waals surface area contributed by atoms with Crippen molar-refractivity contribution < 1.29 is 14.3 Å². The molecule has 2 N–H and O–H groups in total. The van der Waals surface area contributed by atoms with Crippen LogP contribution in [0.3, 0.4) is 0 Å². The number of hydrogen-bond donors (Lipinski definition) is 2. The lowest BCUT2D eigenvalue weighted by Crippen LogP contribution is -2.34. The summed E-state index contributed by atoms with van der Waals surface area (Å²) in [6, 6.07) is 16.3. The van der Waals surface area contributed by atoms with E-state index in [9.17, 15) is 9.59 Å². The van der Waals surface area contributed by atoms with E-state index >= 15 is 0 Å². The summed E-state index contributed by atoms with van der Waals surface area (Å²) in [6.45, 7) is 2.99. The summed E-state index contributed by atoms with van der Waals surface area (Å²) in [5, 5.41) is 5.14. The summed E-state index contributed by atoms with van der Waals surface area (Å²) in [7, 11) is 0. The van der Waals surface area contributed by atoms with Crippen molar-refractivity contribution in [2.45, 2.75) is 19.9 Å². The molecule has 0 aromatic heterocycles. The maximum atomic E-state index is 11.8. The molecule has 0 fully saturated rings. The van der Waals surface area contributed by atoms with Gasteiger partial charge in [-0.3, -0.25) is 9.59 Å². The monoisotopic (exact) mass is 312 g/mol. The molecule has 2 aromatic carbocycles. The maximum Gasteiger partial charge on any atom is 0.313 e. The number of carbonyl (C=O) groups excluding carboxylic acids is 2. The van der Waals surface area contributed by atoms with Crippen LogP contribution in [0.4, 0.5) is 5.69 Å². The molecule has 0 unspecified atom stereocenters. The van der Waals surface area contributed by atoms with Gasteiger partial charge in [0.15, 0.2) is 0 Å². The van der Waals surface area contributed by atoms with Crippen LogP contribution < -0.4 is 15.4 Å². The summed E-state index contributed by atoms with van der Waals surface area (Å²) < 4.78 is 5.46. The Kier molecular flexibility index (Phi) is 6.17. The normalized spacial score (nSPS) is 9.96. The van der Waals surface area contributed by atoms with Crippen LogP contribution in [-0.2, 0) is 16.1 Å². The summed E-state index contributed by atoms with van der Waals surface area (Å²) >= 11 is 0. The number of rotatable bonds is 6. The van der Waals surface area contributed by atoms with Crippen LogP contribution in [0.15, 0.2) is 54.6 Å². The van der Waals surface area contributed by atoms with Crippen molar-refractivity contribution in [3.05, 3.63) is 60.2 Å². The van der Waals surface area contributed by atoms with Crippen molar-refractivity contribution in [1.82, 2.24) is 5.32 Å². The van der Waals surface area contributed by atoms with E-state index in [0.29, 0.717) is 18.8 Å². The number of ether oxygens (including phenoxy) is 1. The summed E-state index contributed by atoms with van der Waals surface area (Å²) in [5.41, 5.74) is 1.49. The molecule has 0 heterocycles. The second-order valence-corrected chi connectivity index (χ2v) is 5.00. The molecule has 0 aliphatic carbocycles. The molecule has 0 atom stereocenters. The van der Waals surface area contributed by atoms with Gasteiger partial charge in [-0.1, -0.05) is 37.3 Å². The molecule has 0 bridgehead atoms. The van der Waals surface area contributed by atoms with E-state index in [-0.39, 0.29) is 0 Å². The highest BCUT2D eigenvalue weighted by Crippen LogP contribution is 2.15. The van der Waals surface area contributed by atoms with Crippen LogP contribution in [0, 0.1) is 0 Å². The van der Waals surface area contributed by atoms with E-state index in [1.54, 1.807) is 24.3 Å². The number of carbonyl (C=O) groups is 2. The van der Waals surface area contributed by atoms with Crippen LogP contribution in [-0.4, -0.2) is 18.4 Å². The average molecular weight is 312 g/mol. The first-order valence-electron chi connectivity index (χ1n) is 7.55. The van der Waals surface area contributed by atoms with Crippen LogP contribution in [0.25, 0.3) is 0 Å². The molecule has 120 valence electrons. The Labute approximate surface area is 135 Å². The third-order valence-electron chi connectivity index (χ3n) is 3.09. The zero-order chi connectivity index (χ0) is 16.5. The van der Waals surface area contributed by atoms with Gasteiger partial charge in [0.05, 0.1) is 6.61 Å². The predicted molar refractivity (Wildman–Crippen MR) is 89.1 cm³/mol. The minimum absolute atomic E-state index is 0.316. The summed E-state index contributed by atoms with van der Waals surface area (Å²) in [6.07, 6.45) is 0.931. The molecule has 0 aliphatic rings. The fourth-order valence-electron chi connectivity index (χ4n) is 1.90. The molecule has 2 amide bonds. The summed E-state index contributed by atoms with van der Waals surface area (Å²) in [5.74, 6) is -0.623. The van der Waals surface area contributed by atoms with Gasteiger partial charge in [0.1, 0.15) is 5.75 Å². The molecule has 5 heteroatoms. The highest BCUT2D eigenvalue weighted by atomic mass is 16.5. The maximum absolute atomic E-state index is 11.8. The van der Waals surface area contributed by atoms with E-state index < -0.39 is 11.8 Å². The van der Waals surface area contributed by atoms with Gasteiger partial charge < -0.3 is 15.4 Å². The van der Waals surface area contributed by atoms with Crippen LogP contribution in [0.1, 0.15) is 18.9 Å². The van der Waals surface area contributed by atoms with Gasteiger partial charge in [-0.25, -0.2) is 0 Å². The molecular weight excluding hydrogens is 292 g/mol. The van der Waals surface area contributed by atoms with Gasteiger partial charge in [-0.2, -0.15) is 0 Å². The van der Waals surface area contributed by atoms with Gasteiger partial charge in [0, 0.05) is 12.2 Å². The molecule has 0 saturated heterocycles. The van der Waals surface area contributed by atoms with Gasteiger partial charge >= 0.3 is 11.8 Å². The van der Waals surface area contributed by atoms with Crippen molar-refractivity contribution >= 4 is 17.5 Å². The Bertz CT molecular complexity index is 639. The Morgan fingerprint density at radius 3 is 2.30 bits per heavy atom. The number of benzene rings is 2. The summed E-state index contributed by atoms with van der Waals surface area (Å²) in [4.78, 5) is 23.6. The lowest BCUT2D eigenvalue weighted by atomic mass is 10.2. The predicted octanol–water partition coefficient (Wildman–Crippen LogP) is 2.73. The zero-order valence-electron chi connectivity index (χ0n) is 13.0. The Morgan fingerprint density at radius 2 is 1.65 bits per heavy atom. The minimum Gasteiger partial charge on any atom is -0.494 e. The van der Waals surface area contributed by atoms with Crippen molar-refractivity contribution in [2.24, 2.45) is 0 Å². The van der Waals surface area contributed by atoms with Crippen molar-refractivity contribution in [3.63, 3.8) is 0 Å². The molecule has 0 saturated carbocycles. The highest BCUT2D eigenvalue weighted by molar-refractivity contribution is 6.39. The molecule has 23 heavy (non-hydrogen) atoms. The lowest BCUT2D eigenvalue weighted by molar-refractivity contribution is -0.136. The number of hydrogen-bond acceptors (Lipinski definition) is 3. The number of amides is 2.